The molecule has 6 heteroatoms. The molecule has 19 heavy (non-hydrogen) atoms. The minimum atomic E-state index is -0.460. The van der Waals surface area contributed by atoms with Crippen LogP contribution in [0.25, 0.3) is 0 Å². The molecule has 0 bridgehead atoms. The average Bonchev–Trinajstić information content (AvgIpc) is 2.37. The number of halogens is 2. The normalized spacial score (nSPS) is 21.3. The number of rotatable bonds is 2. The predicted octanol–water partition coefficient (Wildman–Crippen LogP) is 3.98. The molecule has 1 aliphatic heterocycles. The predicted molar refractivity (Wildman–Crippen MR) is 77.1 cm³/mol. The Morgan fingerprint density at radius 3 is 2.89 bits per heavy atom. The Labute approximate surface area is 122 Å². The topological polar surface area (TPSA) is 50.4 Å². The number of carbonyl (C=O) groups is 1. The van der Waals surface area contributed by atoms with Crippen molar-refractivity contribution >= 4 is 35.0 Å². The second kappa shape index (κ2) is 5.88. The van der Waals surface area contributed by atoms with Gasteiger partial charge in [-0.1, -0.05) is 30.1 Å². The number of fused-ring (bicyclic) bond motifs is 1. The van der Waals surface area contributed by atoms with Crippen molar-refractivity contribution in [2.24, 2.45) is 0 Å². The molecule has 1 aromatic rings. The fourth-order valence-electron chi connectivity index (χ4n) is 2.34. The first kappa shape index (κ1) is 14.3. The molecular formula is C13H16Cl2N2O2. The number of hydrogen-bond donors (Lipinski definition) is 2. The molecule has 2 N–H and O–H groups in total. The minimum absolute atomic E-state index is 0.168. The molecule has 0 saturated carbocycles. The van der Waals surface area contributed by atoms with Gasteiger partial charge in [-0.15, -0.1) is 0 Å². The van der Waals surface area contributed by atoms with Crippen LogP contribution in [0.1, 0.15) is 31.4 Å². The zero-order valence-corrected chi connectivity index (χ0v) is 12.3. The summed E-state index contributed by atoms with van der Waals surface area (Å²) in [6.07, 6.45) is 1.25. The van der Waals surface area contributed by atoms with Crippen molar-refractivity contribution in [2.75, 3.05) is 12.4 Å². The van der Waals surface area contributed by atoms with Crippen molar-refractivity contribution in [2.45, 2.75) is 31.8 Å². The molecule has 104 valence electrons. The molecule has 1 amide bonds. The van der Waals surface area contributed by atoms with Gasteiger partial charge in [-0.25, -0.2) is 4.79 Å². The van der Waals surface area contributed by atoms with Crippen LogP contribution in [0.2, 0.25) is 10.0 Å². The van der Waals surface area contributed by atoms with E-state index in [4.69, 9.17) is 23.2 Å². The highest BCUT2D eigenvalue weighted by Gasteiger charge is 2.29. The third-order valence-electron chi connectivity index (χ3n) is 3.29. The highest BCUT2D eigenvalue weighted by molar-refractivity contribution is 6.35. The molecule has 0 unspecified atom stereocenters. The Morgan fingerprint density at radius 2 is 2.26 bits per heavy atom. The van der Waals surface area contributed by atoms with E-state index in [0.29, 0.717) is 10.0 Å². The quantitative estimate of drug-likeness (QED) is 0.868. The lowest BCUT2D eigenvalue weighted by Crippen LogP contribution is -2.37. The van der Waals surface area contributed by atoms with Crippen LogP contribution in [-0.4, -0.2) is 19.2 Å². The first-order valence-corrected chi connectivity index (χ1v) is 6.90. The standard InChI is InChI=1S/C13H16Cl2N2O2/c1-3-8-6-11(17-13(18)19-2)12-9(15)4-7(14)5-10(12)16-8/h4-5,8,11,16H,3,6H2,1-2H3,(H,17,18)/t8-,11+/m1/s1. The van der Waals surface area contributed by atoms with Gasteiger partial charge in [-0.3, -0.25) is 0 Å². The lowest BCUT2D eigenvalue weighted by molar-refractivity contribution is 0.165. The van der Waals surface area contributed by atoms with Crippen LogP contribution >= 0.6 is 23.2 Å². The first-order chi connectivity index (χ1) is 9.05. The SMILES string of the molecule is CC[C@@H]1C[C@H](NC(=O)OC)c2c(Cl)cc(Cl)cc2N1. The molecule has 0 aliphatic carbocycles. The Hall–Kier alpha value is -1.13. The Kier molecular flexibility index (Phi) is 4.42. The van der Waals surface area contributed by atoms with E-state index in [1.165, 1.54) is 7.11 Å². The summed E-state index contributed by atoms with van der Waals surface area (Å²) < 4.78 is 4.66. The zero-order chi connectivity index (χ0) is 14.0. The van der Waals surface area contributed by atoms with E-state index in [-0.39, 0.29) is 12.1 Å². The molecule has 1 aromatic carbocycles. The van der Waals surface area contributed by atoms with Crippen LogP contribution in [0, 0.1) is 0 Å². The summed E-state index contributed by atoms with van der Waals surface area (Å²) in [5, 5.41) is 7.33. The number of nitrogens with one attached hydrogen (secondary N) is 2. The summed E-state index contributed by atoms with van der Waals surface area (Å²) in [7, 11) is 1.35. The number of hydrogen-bond acceptors (Lipinski definition) is 3. The van der Waals surface area contributed by atoms with Gasteiger partial charge in [0.1, 0.15) is 0 Å². The molecule has 2 atom stereocenters. The van der Waals surface area contributed by atoms with Crippen LogP contribution in [0.3, 0.4) is 0 Å². The lowest BCUT2D eigenvalue weighted by Gasteiger charge is -2.33. The number of amides is 1. The Bertz CT molecular complexity index is 494. The molecule has 0 fully saturated rings. The molecule has 0 saturated heterocycles. The first-order valence-electron chi connectivity index (χ1n) is 6.15. The van der Waals surface area contributed by atoms with Crippen LogP contribution in [-0.2, 0) is 4.74 Å². The molecule has 0 aromatic heterocycles. The van der Waals surface area contributed by atoms with E-state index in [9.17, 15) is 4.79 Å². The monoisotopic (exact) mass is 302 g/mol. The van der Waals surface area contributed by atoms with Crippen LogP contribution < -0.4 is 10.6 Å². The average molecular weight is 303 g/mol. The van der Waals surface area contributed by atoms with Crippen molar-refractivity contribution in [1.82, 2.24) is 5.32 Å². The second-order valence-electron chi connectivity index (χ2n) is 4.52. The number of carbonyl (C=O) groups excluding carboxylic acids is 1. The fraction of sp³-hybridized carbons (Fsp3) is 0.462. The van der Waals surface area contributed by atoms with Crippen LogP contribution in [0.15, 0.2) is 12.1 Å². The highest BCUT2D eigenvalue weighted by atomic mass is 35.5. The molecule has 0 spiro atoms. The van der Waals surface area contributed by atoms with Gasteiger partial charge in [-0.2, -0.15) is 0 Å². The van der Waals surface area contributed by atoms with Crippen molar-refractivity contribution in [3.63, 3.8) is 0 Å². The smallest absolute Gasteiger partial charge is 0.407 e. The second-order valence-corrected chi connectivity index (χ2v) is 5.37. The summed E-state index contributed by atoms with van der Waals surface area (Å²) in [5.41, 5.74) is 1.73. The van der Waals surface area contributed by atoms with Gasteiger partial charge in [0.05, 0.1) is 13.2 Å². The lowest BCUT2D eigenvalue weighted by atomic mass is 9.92. The highest BCUT2D eigenvalue weighted by Crippen LogP contribution is 2.40. The maximum absolute atomic E-state index is 11.4. The maximum Gasteiger partial charge on any atom is 0.407 e. The van der Waals surface area contributed by atoms with Gasteiger partial charge in [0.2, 0.25) is 0 Å². The molecule has 2 rings (SSSR count). The van der Waals surface area contributed by atoms with Gasteiger partial charge in [0.25, 0.3) is 0 Å². The number of alkyl carbamates (subject to hydrolysis) is 1. The van der Waals surface area contributed by atoms with Gasteiger partial charge in [0, 0.05) is 27.3 Å². The summed E-state index contributed by atoms with van der Waals surface area (Å²) in [6.45, 7) is 2.09. The molecule has 4 nitrogen and oxygen atoms in total. The van der Waals surface area contributed by atoms with Gasteiger partial charge in [0.15, 0.2) is 0 Å². The number of methoxy groups -OCH3 is 1. The summed E-state index contributed by atoms with van der Waals surface area (Å²) in [6, 6.07) is 3.61. The molecule has 1 heterocycles. The summed E-state index contributed by atoms with van der Waals surface area (Å²) >= 11 is 12.3. The minimum Gasteiger partial charge on any atom is -0.453 e. The third kappa shape index (κ3) is 3.07. The van der Waals surface area contributed by atoms with Crippen LogP contribution in [0.4, 0.5) is 10.5 Å². The van der Waals surface area contributed by atoms with Gasteiger partial charge in [-0.05, 0) is 25.0 Å². The maximum atomic E-state index is 11.4. The molecular weight excluding hydrogens is 287 g/mol. The van der Waals surface area contributed by atoms with Crippen molar-refractivity contribution in [3.05, 3.63) is 27.7 Å². The third-order valence-corrected chi connectivity index (χ3v) is 3.82. The summed E-state index contributed by atoms with van der Waals surface area (Å²) in [4.78, 5) is 11.4. The van der Waals surface area contributed by atoms with E-state index in [1.807, 2.05) is 6.07 Å². The van der Waals surface area contributed by atoms with E-state index < -0.39 is 6.09 Å². The molecule has 0 radical (unpaired) electrons. The van der Waals surface area contributed by atoms with Crippen molar-refractivity contribution < 1.29 is 9.53 Å². The van der Waals surface area contributed by atoms with Crippen molar-refractivity contribution in [3.8, 4) is 0 Å². The molecule has 1 aliphatic rings. The van der Waals surface area contributed by atoms with E-state index in [2.05, 4.69) is 22.3 Å². The van der Waals surface area contributed by atoms with Gasteiger partial charge >= 0.3 is 6.09 Å². The Morgan fingerprint density at radius 1 is 1.53 bits per heavy atom. The number of anilines is 1. The largest absolute Gasteiger partial charge is 0.453 e. The zero-order valence-electron chi connectivity index (χ0n) is 10.8. The van der Waals surface area contributed by atoms with E-state index in [0.717, 1.165) is 24.1 Å². The number of benzene rings is 1. The Balaban J connectivity index is 2.38. The van der Waals surface area contributed by atoms with E-state index >= 15 is 0 Å². The van der Waals surface area contributed by atoms with Crippen LogP contribution in [0.5, 0.6) is 0 Å². The van der Waals surface area contributed by atoms with Crippen molar-refractivity contribution in [1.29, 1.82) is 0 Å². The fourth-order valence-corrected chi connectivity index (χ4v) is 2.97. The van der Waals surface area contributed by atoms with Gasteiger partial charge < -0.3 is 15.4 Å². The summed E-state index contributed by atoms with van der Waals surface area (Å²) in [5.74, 6) is 0. The number of ether oxygens (including phenoxy) is 1. The van der Waals surface area contributed by atoms with E-state index in [1.54, 1.807) is 6.07 Å².